The number of nitriles is 1. The topological polar surface area (TPSA) is 33.0 Å². The van der Waals surface area contributed by atoms with E-state index in [2.05, 4.69) is 0 Å². The highest BCUT2D eigenvalue weighted by Crippen LogP contribution is 2.26. The summed E-state index contributed by atoms with van der Waals surface area (Å²) in [6, 6.07) is 17.3. The molecule has 0 radical (unpaired) electrons. The van der Waals surface area contributed by atoms with Crippen molar-refractivity contribution in [3.63, 3.8) is 0 Å². The van der Waals surface area contributed by atoms with Crippen LogP contribution in [0.4, 0.5) is 0 Å². The number of benzene rings is 2. The van der Waals surface area contributed by atoms with Crippen LogP contribution in [0.1, 0.15) is 11.1 Å². The second-order valence-electron chi connectivity index (χ2n) is 3.93. The third-order valence-electron chi connectivity index (χ3n) is 2.54. The first-order chi connectivity index (χ1) is 9.29. The van der Waals surface area contributed by atoms with Gasteiger partial charge in [0.2, 0.25) is 0 Å². The van der Waals surface area contributed by atoms with Crippen LogP contribution in [0, 0.1) is 11.3 Å². The molecule has 0 bridgehead atoms. The lowest BCUT2D eigenvalue weighted by molar-refractivity contribution is 0.306. The maximum atomic E-state index is 8.47. The van der Waals surface area contributed by atoms with E-state index in [-0.39, 0.29) is 0 Å². The number of allylic oxidation sites excluding steroid dienone is 1. The van der Waals surface area contributed by atoms with E-state index in [0.717, 1.165) is 11.1 Å². The van der Waals surface area contributed by atoms with Crippen molar-refractivity contribution in [3.8, 4) is 11.8 Å². The lowest BCUT2D eigenvalue weighted by Gasteiger charge is -2.08. The molecule has 2 aromatic rings. The molecule has 3 heteroatoms. The molecule has 0 N–H and O–H groups in total. The Morgan fingerprint density at radius 2 is 1.95 bits per heavy atom. The van der Waals surface area contributed by atoms with E-state index in [9.17, 15) is 0 Å². The van der Waals surface area contributed by atoms with Gasteiger partial charge >= 0.3 is 0 Å². The Labute approximate surface area is 117 Å². The number of nitrogens with zero attached hydrogens (tertiary/aromatic N) is 1. The zero-order valence-corrected chi connectivity index (χ0v) is 11.0. The highest BCUT2D eigenvalue weighted by Gasteiger charge is 2.02. The molecular weight excluding hydrogens is 258 g/mol. The van der Waals surface area contributed by atoms with Crippen LogP contribution in [0.2, 0.25) is 5.02 Å². The lowest BCUT2D eigenvalue weighted by Crippen LogP contribution is -1.95. The van der Waals surface area contributed by atoms with Gasteiger partial charge < -0.3 is 4.74 Å². The third-order valence-corrected chi connectivity index (χ3v) is 2.84. The van der Waals surface area contributed by atoms with Crippen molar-refractivity contribution in [1.82, 2.24) is 0 Å². The number of hydrogen-bond donors (Lipinski definition) is 0. The molecule has 0 aliphatic rings. The van der Waals surface area contributed by atoms with E-state index in [1.54, 1.807) is 12.1 Å². The minimum atomic E-state index is 0.480. The number of ether oxygens (including phenoxy) is 1. The Morgan fingerprint density at radius 1 is 1.16 bits per heavy atom. The van der Waals surface area contributed by atoms with Gasteiger partial charge in [0.25, 0.3) is 0 Å². The molecule has 0 spiro atoms. The summed E-state index contributed by atoms with van der Waals surface area (Å²) in [5, 5.41) is 9.01. The first-order valence-corrected chi connectivity index (χ1v) is 6.20. The molecular formula is C16H12ClNO. The summed E-state index contributed by atoms with van der Waals surface area (Å²) < 4.78 is 5.66. The van der Waals surface area contributed by atoms with Crippen molar-refractivity contribution < 1.29 is 4.74 Å². The van der Waals surface area contributed by atoms with Crippen molar-refractivity contribution in [1.29, 1.82) is 5.26 Å². The Bertz CT molecular complexity index is 614. The molecule has 0 heterocycles. The van der Waals surface area contributed by atoms with Crippen LogP contribution in [0.25, 0.3) is 6.08 Å². The minimum absolute atomic E-state index is 0.480. The summed E-state index contributed by atoms with van der Waals surface area (Å²) in [7, 11) is 0. The largest absolute Gasteiger partial charge is 0.487 e. The highest BCUT2D eigenvalue weighted by atomic mass is 35.5. The van der Waals surface area contributed by atoms with Crippen LogP contribution in [-0.2, 0) is 6.61 Å². The van der Waals surface area contributed by atoms with Crippen molar-refractivity contribution in [2.24, 2.45) is 0 Å². The average molecular weight is 270 g/mol. The summed E-state index contributed by atoms with van der Waals surface area (Å²) in [5.41, 5.74) is 1.96. The third kappa shape index (κ3) is 3.87. The van der Waals surface area contributed by atoms with Gasteiger partial charge in [0.1, 0.15) is 12.4 Å². The van der Waals surface area contributed by atoms with E-state index < -0.39 is 0 Å². The Morgan fingerprint density at radius 3 is 2.63 bits per heavy atom. The summed E-state index contributed by atoms with van der Waals surface area (Å²) in [5.74, 6) is 0.639. The number of halogens is 1. The van der Waals surface area contributed by atoms with Crippen molar-refractivity contribution >= 4 is 17.7 Å². The summed E-state index contributed by atoms with van der Waals surface area (Å²) in [6.45, 7) is 0.480. The molecule has 0 fully saturated rings. The maximum absolute atomic E-state index is 8.47. The standard InChI is InChI=1S/C16H12ClNO/c17-15-11-13(7-4-10-18)8-9-16(15)19-12-14-5-2-1-3-6-14/h1-9,11H,12H2/b7-4+. The van der Waals surface area contributed by atoms with Crippen molar-refractivity contribution in [2.75, 3.05) is 0 Å². The molecule has 0 unspecified atom stereocenters. The summed E-state index contributed by atoms with van der Waals surface area (Å²) >= 11 is 6.13. The van der Waals surface area contributed by atoms with Gasteiger partial charge in [0.05, 0.1) is 11.1 Å². The smallest absolute Gasteiger partial charge is 0.138 e. The fourth-order valence-electron chi connectivity index (χ4n) is 1.61. The van der Waals surface area contributed by atoms with Gasteiger partial charge in [-0.1, -0.05) is 48.0 Å². The molecule has 19 heavy (non-hydrogen) atoms. The number of hydrogen-bond acceptors (Lipinski definition) is 2. The summed E-state index contributed by atoms with van der Waals surface area (Å²) in [6.07, 6.45) is 3.11. The van der Waals surface area contributed by atoms with Crippen molar-refractivity contribution in [3.05, 3.63) is 70.8 Å². The van der Waals surface area contributed by atoms with E-state index in [1.165, 1.54) is 6.08 Å². The van der Waals surface area contributed by atoms with Crippen LogP contribution < -0.4 is 4.74 Å². The van der Waals surface area contributed by atoms with E-state index in [0.29, 0.717) is 17.4 Å². The molecule has 0 atom stereocenters. The van der Waals surface area contributed by atoms with Crippen LogP contribution >= 0.6 is 11.6 Å². The molecule has 0 saturated carbocycles. The molecule has 94 valence electrons. The van der Waals surface area contributed by atoms with Gasteiger partial charge in [-0.2, -0.15) is 5.26 Å². The van der Waals surface area contributed by atoms with E-state index in [1.807, 2.05) is 48.5 Å². The van der Waals surface area contributed by atoms with Gasteiger partial charge in [-0.05, 0) is 29.3 Å². The van der Waals surface area contributed by atoms with Crippen LogP contribution in [-0.4, -0.2) is 0 Å². The predicted octanol–water partition coefficient (Wildman–Crippen LogP) is 4.46. The van der Waals surface area contributed by atoms with Crippen molar-refractivity contribution in [2.45, 2.75) is 6.61 Å². The Kier molecular flexibility index (Phi) is 4.60. The maximum Gasteiger partial charge on any atom is 0.138 e. The first-order valence-electron chi connectivity index (χ1n) is 5.82. The zero-order chi connectivity index (χ0) is 13.5. The molecule has 2 nitrogen and oxygen atoms in total. The molecule has 2 rings (SSSR count). The van der Waals surface area contributed by atoms with Crippen LogP contribution in [0.3, 0.4) is 0 Å². The van der Waals surface area contributed by atoms with Gasteiger partial charge in [-0.15, -0.1) is 0 Å². The van der Waals surface area contributed by atoms with E-state index in [4.69, 9.17) is 21.6 Å². The average Bonchev–Trinajstić information content (AvgIpc) is 2.45. The SMILES string of the molecule is N#C/C=C/c1ccc(OCc2ccccc2)c(Cl)c1. The predicted molar refractivity (Wildman–Crippen MR) is 76.9 cm³/mol. The molecule has 0 aliphatic carbocycles. The molecule has 0 saturated heterocycles. The van der Waals surface area contributed by atoms with Gasteiger partial charge in [-0.3, -0.25) is 0 Å². The Hall–Kier alpha value is -2.24. The monoisotopic (exact) mass is 269 g/mol. The molecule has 2 aromatic carbocycles. The second kappa shape index (κ2) is 6.63. The highest BCUT2D eigenvalue weighted by molar-refractivity contribution is 6.32. The minimum Gasteiger partial charge on any atom is -0.487 e. The summed E-state index contributed by atoms with van der Waals surface area (Å²) in [4.78, 5) is 0. The molecule has 0 aromatic heterocycles. The fourth-order valence-corrected chi connectivity index (χ4v) is 1.85. The second-order valence-corrected chi connectivity index (χ2v) is 4.33. The molecule has 0 amide bonds. The quantitative estimate of drug-likeness (QED) is 0.768. The lowest BCUT2D eigenvalue weighted by atomic mass is 10.2. The number of rotatable bonds is 4. The van der Waals surface area contributed by atoms with Gasteiger partial charge in [0.15, 0.2) is 0 Å². The van der Waals surface area contributed by atoms with Crippen LogP contribution in [0.15, 0.2) is 54.6 Å². The van der Waals surface area contributed by atoms with E-state index >= 15 is 0 Å². The fraction of sp³-hybridized carbons (Fsp3) is 0.0625. The first kappa shape index (κ1) is 13.2. The van der Waals surface area contributed by atoms with Gasteiger partial charge in [0, 0.05) is 6.08 Å². The normalized spacial score (nSPS) is 10.3. The van der Waals surface area contributed by atoms with Gasteiger partial charge in [-0.25, -0.2) is 0 Å². The van der Waals surface area contributed by atoms with Crippen LogP contribution in [0.5, 0.6) is 5.75 Å². The Balaban J connectivity index is 2.06. The zero-order valence-electron chi connectivity index (χ0n) is 10.2. The molecule has 0 aliphatic heterocycles.